The molecule has 0 saturated carbocycles. The summed E-state index contributed by atoms with van der Waals surface area (Å²) in [4.78, 5) is 2.19. The largest absolute Gasteiger partial charge is 0.356 e. The molecule has 0 N–H and O–H groups in total. The fourth-order valence-corrected chi connectivity index (χ4v) is 2.73. The molecule has 1 saturated heterocycles. The highest BCUT2D eigenvalue weighted by Gasteiger charge is 2.26. The molecule has 1 aromatic heterocycles. The summed E-state index contributed by atoms with van der Waals surface area (Å²) in [5.74, 6) is 0.197. The molecule has 0 aliphatic carbocycles. The van der Waals surface area contributed by atoms with Gasteiger partial charge in [-0.3, -0.25) is 4.68 Å². The molecule has 1 fully saturated rings. The third kappa shape index (κ3) is 2.32. The van der Waals surface area contributed by atoms with Crippen molar-refractivity contribution in [3.05, 3.63) is 47.7 Å². The first-order valence-electron chi connectivity index (χ1n) is 6.32. The predicted octanol–water partition coefficient (Wildman–Crippen LogP) is 2.69. The average molecular weight is 263 g/mol. The second kappa shape index (κ2) is 4.64. The summed E-state index contributed by atoms with van der Waals surface area (Å²) in [6.45, 7) is 1.64. The first-order chi connectivity index (χ1) is 9.13. The van der Waals surface area contributed by atoms with Crippen LogP contribution in [0.2, 0.25) is 0 Å². The van der Waals surface area contributed by atoms with Crippen LogP contribution in [0.25, 0.3) is 0 Å². The maximum absolute atomic E-state index is 13.2. The maximum Gasteiger partial charge on any atom is 0.126 e. The van der Waals surface area contributed by atoms with Gasteiger partial charge in [0, 0.05) is 38.2 Å². The van der Waals surface area contributed by atoms with Gasteiger partial charge < -0.3 is 4.90 Å². The summed E-state index contributed by atoms with van der Waals surface area (Å²) in [6, 6.07) is 5.73. The van der Waals surface area contributed by atoms with E-state index in [1.165, 1.54) is 12.1 Å². The number of halogens is 2. The number of hydrogen-bond acceptors (Lipinski definition) is 2. The lowest BCUT2D eigenvalue weighted by molar-refractivity contribution is 0.575. The van der Waals surface area contributed by atoms with Crippen molar-refractivity contribution < 1.29 is 8.78 Å². The Labute approximate surface area is 110 Å². The molecule has 19 heavy (non-hydrogen) atoms. The van der Waals surface area contributed by atoms with Crippen molar-refractivity contribution in [1.82, 2.24) is 9.78 Å². The molecule has 0 bridgehead atoms. The molecule has 1 atom stereocenters. The Kier molecular flexibility index (Phi) is 2.97. The summed E-state index contributed by atoms with van der Waals surface area (Å²) in [6.07, 6.45) is 2.65. The zero-order valence-corrected chi connectivity index (χ0v) is 10.7. The molecule has 100 valence electrons. The molecule has 2 heterocycles. The number of rotatable bonds is 2. The third-order valence-electron chi connectivity index (χ3n) is 3.66. The lowest BCUT2D eigenvalue weighted by Gasteiger charge is -2.18. The SMILES string of the molecule is Cn1nccc1N1CCC(c2cc(F)cc(F)c2)C1. The van der Waals surface area contributed by atoms with Crippen LogP contribution in [-0.2, 0) is 7.05 Å². The number of hydrogen-bond donors (Lipinski definition) is 0. The van der Waals surface area contributed by atoms with Crippen molar-refractivity contribution in [2.45, 2.75) is 12.3 Å². The van der Waals surface area contributed by atoms with Gasteiger partial charge >= 0.3 is 0 Å². The Balaban J connectivity index is 1.80. The minimum Gasteiger partial charge on any atom is -0.356 e. The summed E-state index contributed by atoms with van der Waals surface area (Å²) in [5.41, 5.74) is 0.738. The maximum atomic E-state index is 13.2. The fraction of sp³-hybridized carbons (Fsp3) is 0.357. The van der Waals surface area contributed by atoms with Crippen LogP contribution in [0, 0.1) is 11.6 Å². The molecule has 1 unspecified atom stereocenters. The van der Waals surface area contributed by atoms with Crippen LogP contribution >= 0.6 is 0 Å². The van der Waals surface area contributed by atoms with E-state index in [1.54, 1.807) is 6.20 Å². The predicted molar refractivity (Wildman–Crippen MR) is 69.1 cm³/mol. The molecular weight excluding hydrogens is 248 g/mol. The van der Waals surface area contributed by atoms with Gasteiger partial charge in [-0.1, -0.05) is 0 Å². The van der Waals surface area contributed by atoms with Crippen molar-refractivity contribution >= 4 is 5.82 Å². The van der Waals surface area contributed by atoms with Crippen LogP contribution in [0.4, 0.5) is 14.6 Å². The first-order valence-corrected chi connectivity index (χ1v) is 6.32. The lowest BCUT2D eigenvalue weighted by Crippen LogP contribution is -2.21. The Morgan fingerprint density at radius 1 is 1.21 bits per heavy atom. The van der Waals surface area contributed by atoms with Gasteiger partial charge in [-0.05, 0) is 24.1 Å². The third-order valence-corrected chi connectivity index (χ3v) is 3.66. The minimum absolute atomic E-state index is 0.167. The molecule has 1 aromatic carbocycles. The van der Waals surface area contributed by atoms with E-state index in [9.17, 15) is 8.78 Å². The monoisotopic (exact) mass is 263 g/mol. The Morgan fingerprint density at radius 2 is 1.95 bits per heavy atom. The highest BCUT2D eigenvalue weighted by atomic mass is 19.1. The summed E-state index contributed by atoms with van der Waals surface area (Å²) in [5, 5.41) is 4.14. The van der Waals surface area contributed by atoms with Crippen molar-refractivity contribution in [2.75, 3.05) is 18.0 Å². The van der Waals surface area contributed by atoms with E-state index in [0.29, 0.717) is 0 Å². The summed E-state index contributed by atoms with van der Waals surface area (Å²) >= 11 is 0. The molecule has 0 radical (unpaired) electrons. The van der Waals surface area contributed by atoms with E-state index in [1.807, 2.05) is 17.8 Å². The first kappa shape index (κ1) is 12.1. The van der Waals surface area contributed by atoms with Gasteiger partial charge in [0.15, 0.2) is 0 Å². The van der Waals surface area contributed by atoms with Crippen LogP contribution in [0.15, 0.2) is 30.5 Å². The molecular formula is C14H15F2N3. The van der Waals surface area contributed by atoms with Gasteiger partial charge in [0.25, 0.3) is 0 Å². The zero-order chi connectivity index (χ0) is 13.4. The standard InChI is InChI=1S/C14H15F2N3/c1-18-14(2-4-17-18)19-5-3-10(9-19)11-6-12(15)8-13(16)7-11/h2,4,6-8,10H,3,5,9H2,1H3. The highest BCUT2D eigenvalue weighted by molar-refractivity contribution is 5.41. The van der Waals surface area contributed by atoms with Crippen LogP contribution in [0.1, 0.15) is 17.9 Å². The van der Waals surface area contributed by atoms with E-state index < -0.39 is 11.6 Å². The molecule has 2 aromatic rings. The Morgan fingerprint density at radius 3 is 2.58 bits per heavy atom. The van der Waals surface area contributed by atoms with E-state index >= 15 is 0 Å². The Hall–Kier alpha value is -1.91. The number of aryl methyl sites for hydroxylation is 1. The quantitative estimate of drug-likeness (QED) is 0.830. The molecule has 1 aliphatic rings. The van der Waals surface area contributed by atoms with Crippen LogP contribution < -0.4 is 4.90 Å². The van der Waals surface area contributed by atoms with Gasteiger partial charge in [-0.2, -0.15) is 5.10 Å². The van der Waals surface area contributed by atoms with Crippen molar-refractivity contribution in [3.63, 3.8) is 0 Å². The number of benzene rings is 1. The van der Waals surface area contributed by atoms with E-state index in [0.717, 1.165) is 37.0 Å². The topological polar surface area (TPSA) is 21.1 Å². The molecule has 5 heteroatoms. The fourth-order valence-electron chi connectivity index (χ4n) is 2.73. The van der Waals surface area contributed by atoms with Gasteiger partial charge in [0.2, 0.25) is 0 Å². The van der Waals surface area contributed by atoms with Crippen molar-refractivity contribution in [3.8, 4) is 0 Å². The lowest BCUT2D eigenvalue weighted by atomic mass is 9.98. The smallest absolute Gasteiger partial charge is 0.126 e. The van der Waals surface area contributed by atoms with Gasteiger partial charge in [0.05, 0.1) is 6.20 Å². The van der Waals surface area contributed by atoms with Crippen molar-refractivity contribution in [1.29, 1.82) is 0 Å². The number of anilines is 1. The number of nitrogens with zero attached hydrogens (tertiary/aromatic N) is 3. The van der Waals surface area contributed by atoms with E-state index in [-0.39, 0.29) is 5.92 Å². The molecule has 3 nitrogen and oxygen atoms in total. The van der Waals surface area contributed by atoms with Gasteiger partial charge in [0.1, 0.15) is 17.5 Å². The zero-order valence-electron chi connectivity index (χ0n) is 10.7. The van der Waals surface area contributed by atoms with Gasteiger partial charge in [-0.25, -0.2) is 8.78 Å². The highest BCUT2D eigenvalue weighted by Crippen LogP contribution is 2.31. The van der Waals surface area contributed by atoms with E-state index in [4.69, 9.17) is 0 Å². The summed E-state index contributed by atoms with van der Waals surface area (Å²) in [7, 11) is 1.89. The van der Waals surface area contributed by atoms with Crippen molar-refractivity contribution in [2.24, 2.45) is 7.05 Å². The number of aromatic nitrogens is 2. The average Bonchev–Trinajstić information content (AvgIpc) is 2.95. The van der Waals surface area contributed by atoms with E-state index in [2.05, 4.69) is 10.00 Å². The van der Waals surface area contributed by atoms with Gasteiger partial charge in [-0.15, -0.1) is 0 Å². The minimum atomic E-state index is -0.506. The molecule has 0 amide bonds. The Bertz CT molecular complexity index is 574. The second-order valence-corrected chi connectivity index (χ2v) is 4.95. The van der Waals surface area contributed by atoms with Crippen LogP contribution in [-0.4, -0.2) is 22.9 Å². The molecule has 3 rings (SSSR count). The normalized spacial score (nSPS) is 19.1. The molecule has 1 aliphatic heterocycles. The second-order valence-electron chi connectivity index (χ2n) is 4.95. The summed E-state index contributed by atoms with van der Waals surface area (Å²) < 4.78 is 28.3. The van der Waals surface area contributed by atoms with Crippen LogP contribution in [0.3, 0.4) is 0 Å². The van der Waals surface area contributed by atoms with Crippen LogP contribution in [0.5, 0.6) is 0 Å². The molecule has 0 spiro atoms.